The first kappa shape index (κ1) is 15.3. The van der Waals surface area contributed by atoms with Crippen molar-refractivity contribution in [3.8, 4) is 11.3 Å². The summed E-state index contributed by atoms with van der Waals surface area (Å²) in [4.78, 5) is 16.4. The zero-order valence-corrected chi connectivity index (χ0v) is 13.8. The van der Waals surface area contributed by atoms with Crippen LogP contribution in [-0.4, -0.2) is 22.9 Å². The first-order chi connectivity index (χ1) is 11.2. The van der Waals surface area contributed by atoms with Crippen molar-refractivity contribution < 1.29 is 4.92 Å². The number of nitro groups is 1. The maximum absolute atomic E-state index is 10.8. The zero-order chi connectivity index (χ0) is 16.2. The number of hydrogen-bond donors (Lipinski definition) is 0. The molecule has 0 aliphatic heterocycles. The van der Waals surface area contributed by atoms with Crippen LogP contribution in [-0.2, 0) is 0 Å². The molecule has 3 rings (SSSR count). The summed E-state index contributed by atoms with van der Waals surface area (Å²) < 4.78 is 1.74. The molecule has 0 fully saturated rings. The summed E-state index contributed by atoms with van der Waals surface area (Å²) in [5, 5.41) is 19.2. The Kier molecular flexibility index (Phi) is 4.45. The topological polar surface area (TPSA) is 72.8 Å². The van der Waals surface area contributed by atoms with E-state index in [2.05, 4.69) is 10.1 Å². The van der Waals surface area contributed by atoms with Crippen molar-refractivity contribution in [2.45, 2.75) is 0 Å². The number of thiophene rings is 1. The summed E-state index contributed by atoms with van der Waals surface area (Å²) in [5.74, 6) is 0. The van der Waals surface area contributed by atoms with Gasteiger partial charge in [-0.3, -0.25) is 15.1 Å². The van der Waals surface area contributed by atoms with Gasteiger partial charge in [0.1, 0.15) is 0 Å². The van der Waals surface area contributed by atoms with Gasteiger partial charge in [-0.2, -0.15) is 5.10 Å². The molecule has 0 aliphatic carbocycles. The van der Waals surface area contributed by atoms with Crippen LogP contribution in [0.5, 0.6) is 0 Å². The molecule has 8 heteroatoms. The molecular formula is C15H12N4O2S2. The lowest BCUT2D eigenvalue weighted by Crippen LogP contribution is -2.11. The minimum atomic E-state index is -0.410. The molecule has 0 spiro atoms. The number of rotatable bonds is 4. The zero-order valence-electron chi connectivity index (χ0n) is 12.1. The fourth-order valence-corrected chi connectivity index (χ4v) is 3.38. The average molecular weight is 344 g/mol. The molecule has 116 valence electrons. The number of nitro benzene ring substituents is 1. The highest BCUT2D eigenvalue weighted by atomic mass is 32.1. The minimum absolute atomic E-state index is 0.0676. The maximum atomic E-state index is 10.8. The number of hydrogen-bond acceptors (Lipinski definition) is 6. The predicted octanol–water partition coefficient (Wildman–Crippen LogP) is 3.60. The molecule has 0 N–H and O–H groups in total. The summed E-state index contributed by atoms with van der Waals surface area (Å²) in [6, 6.07) is 10.4. The standard InChI is InChI=1S/C15H12N4O2S2/c1-16-15-18(17-9-13-3-2-8-22-13)14(10-23-15)11-4-6-12(7-5-11)19(20)21/h2-10H,1H3/b16-15?,17-9-. The van der Waals surface area contributed by atoms with Gasteiger partial charge in [-0.05, 0) is 23.6 Å². The van der Waals surface area contributed by atoms with Crippen LogP contribution in [0.3, 0.4) is 0 Å². The maximum Gasteiger partial charge on any atom is 0.269 e. The van der Waals surface area contributed by atoms with Crippen LogP contribution in [0, 0.1) is 10.1 Å². The lowest BCUT2D eigenvalue weighted by Gasteiger charge is -2.03. The third-order valence-corrected chi connectivity index (χ3v) is 4.81. The second-order valence-corrected chi connectivity index (χ2v) is 6.32. The molecule has 0 radical (unpaired) electrons. The number of benzene rings is 1. The molecule has 0 saturated carbocycles. The number of aromatic nitrogens is 1. The normalized spacial score (nSPS) is 12.1. The van der Waals surface area contributed by atoms with Gasteiger partial charge in [0.05, 0.1) is 16.8 Å². The molecule has 3 aromatic rings. The monoisotopic (exact) mass is 344 g/mol. The SMILES string of the molecule is CN=c1scc(-c2ccc([N+](=O)[O-])cc2)n1/N=C\c1cccs1. The van der Waals surface area contributed by atoms with Gasteiger partial charge in [0, 0.05) is 35.0 Å². The Morgan fingerprint density at radius 2 is 2.00 bits per heavy atom. The van der Waals surface area contributed by atoms with E-state index in [1.807, 2.05) is 22.9 Å². The van der Waals surface area contributed by atoms with E-state index < -0.39 is 4.92 Å². The van der Waals surface area contributed by atoms with Crippen LogP contribution in [0.4, 0.5) is 5.69 Å². The third kappa shape index (κ3) is 3.27. The Morgan fingerprint density at radius 3 is 2.61 bits per heavy atom. The largest absolute Gasteiger partial charge is 0.269 e. The van der Waals surface area contributed by atoms with Gasteiger partial charge in [-0.1, -0.05) is 6.07 Å². The van der Waals surface area contributed by atoms with E-state index >= 15 is 0 Å². The van der Waals surface area contributed by atoms with E-state index in [9.17, 15) is 10.1 Å². The van der Waals surface area contributed by atoms with E-state index in [1.165, 1.54) is 23.5 Å². The highest BCUT2D eigenvalue weighted by Gasteiger charge is 2.10. The van der Waals surface area contributed by atoms with Crippen molar-refractivity contribution in [2.24, 2.45) is 10.1 Å². The molecule has 0 saturated heterocycles. The summed E-state index contributed by atoms with van der Waals surface area (Å²) in [6.45, 7) is 0. The first-order valence-electron chi connectivity index (χ1n) is 6.65. The summed E-state index contributed by atoms with van der Waals surface area (Å²) in [7, 11) is 1.71. The molecule has 2 aromatic heterocycles. The number of non-ortho nitro benzene ring substituents is 1. The van der Waals surface area contributed by atoms with Crippen LogP contribution in [0.2, 0.25) is 0 Å². The van der Waals surface area contributed by atoms with E-state index in [1.54, 1.807) is 41.4 Å². The van der Waals surface area contributed by atoms with Crippen molar-refractivity contribution in [3.05, 3.63) is 67.0 Å². The fourth-order valence-electron chi connectivity index (χ4n) is 1.99. The third-order valence-electron chi connectivity index (χ3n) is 3.09. The van der Waals surface area contributed by atoms with Crippen molar-refractivity contribution in [2.75, 3.05) is 7.05 Å². The van der Waals surface area contributed by atoms with Gasteiger partial charge >= 0.3 is 0 Å². The van der Waals surface area contributed by atoms with E-state index in [0.717, 1.165) is 20.9 Å². The van der Waals surface area contributed by atoms with Crippen molar-refractivity contribution in [1.29, 1.82) is 0 Å². The average Bonchev–Trinajstić information content (AvgIpc) is 3.22. The van der Waals surface area contributed by atoms with E-state index in [-0.39, 0.29) is 5.69 Å². The summed E-state index contributed by atoms with van der Waals surface area (Å²) in [6.07, 6.45) is 1.78. The van der Waals surface area contributed by atoms with Crippen molar-refractivity contribution in [1.82, 2.24) is 4.68 Å². The van der Waals surface area contributed by atoms with Gasteiger partial charge in [-0.15, -0.1) is 22.7 Å². The van der Waals surface area contributed by atoms with E-state index in [4.69, 9.17) is 0 Å². The molecule has 0 bridgehead atoms. The molecule has 2 heterocycles. The van der Waals surface area contributed by atoms with Gasteiger partial charge in [0.25, 0.3) is 5.69 Å². The van der Waals surface area contributed by atoms with Crippen molar-refractivity contribution >= 4 is 34.6 Å². The first-order valence-corrected chi connectivity index (χ1v) is 8.41. The molecule has 23 heavy (non-hydrogen) atoms. The predicted molar refractivity (Wildman–Crippen MR) is 93.2 cm³/mol. The summed E-state index contributed by atoms with van der Waals surface area (Å²) >= 11 is 3.07. The lowest BCUT2D eigenvalue weighted by atomic mass is 10.1. The van der Waals surface area contributed by atoms with Gasteiger partial charge in [0.15, 0.2) is 0 Å². The molecule has 0 amide bonds. The highest BCUT2D eigenvalue weighted by Crippen LogP contribution is 2.23. The van der Waals surface area contributed by atoms with E-state index in [0.29, 0.717) is 0 Å². The smallest absolute Gasteiger partial charge is 0.261 e. The van der Waals surface area contributed by atoms with Gasteiger partial charge in [0.2, 0.25) is 4.80 Å². The number of thiazole rings is 1. The molecule has 0 atom stereocenters. The minimum Gasteiger partial charge on any atom is -0.261 e. The Hall–Kier alpha value is -2.58. The molecule has 6 nitrogen and oxygen atoms in total. The quantitative estimate of drug-likeness (QED) is 0.412. The fraction of sp³-hybridized carbons (Fsp3) is 0.0667. The van der Waals surface area contributed by atoms with Crippen LogP contribution >= 0.6 is 22.7 Å². The lowest BCUT2D eigenvalue weighted by molar-refractivity contribution is -0.384. The Balaban J connectivity index is 2.03. The molecule has 1 aromatic carbocycles. The molecule has 0 aliphatic rings. The van der Waals surface area contributed by atoms with Crippen LogP contribution < -0.4 is 4.80 Å². The van der Waals surface area contributed by atoms with Crippen molar-refractivity contribution in [3.63, 3.8) is 0 Å². The van der Waals surface area contributed by atoms with Gasteiger partial charge < -0.3 is 0 Å². The second kappa shape index (κ2) is 6.67. The van der Waals surface area contributed by atoms with Crippen LogP contribution in [0.1, 0.15) is 4.88 Å². The highest BCUT2D eigenvalue weighted by molar-refractivity contribution is 7.11. The number of nitrogens with zero attached hydrogens (tertiary/aromatic N) is 4. The second-order valence-electron chi connectivity index (χ2n) is 4.50. The van der Waals surface area contributed by atoms with Gasteiger partial charge in [-0.25, -0.2) is 4.68 Å². The Labute approximate surface area is 139 Å². The Bertz CT molecular complexity index is 906. The Morgan fingerprint density at radius 1 is 1.22 bits per heavy atom. The molecule has 0 unspecified atom stereocenters. The molecular weight excluding hydrogens is 332 g/mol. The summed E-state index contributed by atoms with van der Waals surface area (Å²) in [5.41, 5.74) is 1.77. The van der Waals surface area contributed by atoms with Crippen LogP contribution in [0.15, 0.2) is 57.3 Å². The van der Waals surface area contributed by atoms with Crippen LogP contribution in [0.25, 0.3) is 11.3 Å².